The molecule has 6 nitrogen and oxygen atoms in total. The van der Waals surface area contributed by atoms with E-state index in [1.165, 1.54) is 0 Å². The number of rotatable bonds is 7. The molecule has 0 saturated heterocycles. The second-order valence-corrected chi connectivity index (χ2v) is 6.10. The first kappa shape index (κ1) is 17.3. The lowest BCUT2D eigenvalue weighted by atomic mass is 10.0. The first-order valence-corrected chi connectivity index (χ1v) is 8.43. The van der Waals surface area contributed by atoms with E-state index < -0.39 is 0 Å². The molecule has 2 N–H and O–H groups in total. The molecule has 0 bridgehead atoms. The molecule has 2 aromatic carbocycles. The van der Waals surface area contributed by atoms with Crippen LogP contribution in [0.5, 0.6) is 0 Å². The van der Waals surface area contributed by atoms with E-state index in [1.54, 1.807) is 4.68 Å². The Morgan fingerprint density at radius 3 is 2.44 bits per heavy atom. The number of para-hydroxylation sites is 1. The molecule has 3 aromatic rings. The van der Waals surface area contributed by atoms with Crippen LogP contribution in [-0.4, -0.2) is 31.9 Å². The fourth-order valence-corrected chi connectivity index (χ4v) is 3.04. The Bertz CT molecular complexity index is 795. The van der Waals surface area contributed by atoms with Crippen molar-refractivity contribution in [2.75, 3.05) is 6.61 Å². The number of aromatic nitrogens is 4. The van der Waals surface area contributed by atoms with Crippen molar-refractivity contribution >= 4 is 0 Å². The Morgan fingerprint density at radius 2 is 1.76 bits per heavy atom. The highest BCUT2D eigenvalue weighted by Gasteiger charge is 2.15. The van der Waals surface area contributed by atoms with E-state index in [4.69, 9.17) is 0 Å². The molecule has 130 valence electrons. The third-order valence-corrected chi connectivity index (χ3v) is 4.31. The van der Waals surface area contributed by atoms with Crippen LogP contribution >= 0.6 is 0 Å². The van der Waals surface area contributed by atoms with E-state index in [-0.39, 0.29) is 12.6 Å². The van der Waals surface area contributed by atoms with E-state index in [0.29, 0.717) is 13.0 Å². The van der Waals surface area contributed by atoms with Crippen LogP contribution in [0.4, 0.5) is 0 Å². The minimum absolute atomic E-state index is 0.0503. The van der Waals surface area contributed by atoms with E-state index in [1.807, 2.05) is 24.3 Å². The largest absolute Gasteiger partial charge is 0.396 e. The lowest BCUT2D eigenvalue weighted by molar-refractivity contribution is 0.264. The topological polar surface area (TPSA) is 75.9 Å². The molecule has 6 heteroatoms. The summed E-state index contributed by atoms with van der Waals surface area (Å²) >= 11 is 0. The van der Waals surface area contributed by atoms with Gasteiger partial charge in [0.25, 0.3) is 0 Å². The summed E-state index contributed by atoms with van der Waals surface area (Å²) in [6.45, 7) is 4.74. The van der Waals surface area contributed by atoms with Crippen molar-refractivity contribution in [3.05, 3.63) is 71.0 Å². The number of hydrogen-bond donors (Lipinski definition) is 2. The molecule has 0 spiro atoms. The molecule has 0 fully saturated rings. The third kappa shape index (κ3) is 3.92. The van der Waals surface area contributed by atoms with Gasteiger partial charge in [-0.3, -0.25) is 0 Å². The first-order chi connectivity index (χ1) is 12.2. The summed E-state index contributed by atoms with van der Waals surface area (Å²) in [7, 11) is 0. The van der Waals surface area contributed by atoms with Crippen LogP contribution in [0.15, 0.2) is 48.5 Å². The SMILES string of the molecule is Cc1cccc(C)c1-n1nnnc1CNC(CCO)c1ccccc1. The van der Waals surface area contributed by atoms with Gasteiger partial charge in [-0.25, -0.2) is 0 Å². The van der Waals surface area contributed by atoms with Crippen molar-refractivity contribution in [1.82, 2.24) is 25.5 Å². The minimum atomic E-state index is 0.0503. The van der Waals surface area contributed by atoms with Crippen molar-refractivity contribution in [2.45, 2.75) is 32.9 Å². The zero-order valence-electron chi connectivity index (χ0n) is 14.6. The molecular formula is C19H23N5O. The molecule has 1 heterocycles. The highest BCUT2D eigenvalue weighted by atomic mass is 16.3. The summed E-state index contributed by atoms with van der Waals surface area (Å²) in [4.78, 5) is 0. The quantitative estimate of drug-likeness (QED) is 0.693. The van der Waals surface area contributed by atoms with E-state index in [0.717, 1.165) is 28.2 Å². The second kappa shape index (κ2) is 8.00. The number of tetrazole rings is 1. The Morgan fingerprint density at radius 1 is 1.04 bits per heavy atom. The van der Waals surface area contributed by atoms with Gasteiger partial charge in [0.15, 0.2) is 5.82 Å². The van der Waals surface area contributed by atoms with E-state index >= 15 is 0 Å². The fraction of sp³-hybridized carbons (Fsp3) is 0.316. The molecule has 0 aliphatic heterocycles. The average Bonchev–Trinajstić information content (AvgIpc) is 3.07. The van der Waals surface area contributed by atoms with Crippen LogP contribution in [0.2, 0.25) is 0 Å². The molecule has 0 aliphatic carbocycles. The standard InChI is InChI=1S/C19H23N5O/c1-14-7-6-8-15(2)19(14)24-18(21-22-23-24)13-20-17(11-12-25)16-9-4-3-5-10-16/h3-10,17,20,25H,11-13H2,1-2H3. The predicted molar refractivity (Wildman–Crippen MR) is 96.4 cm³/mol. The Balaban J connectivity index is 1.81. The molecule has 0 amide bonds. The monoisotopic (exact) mass is 337 g/mol. The van der Waals surface area contributed by atoms with Gasteiger partial charge in [-0.1, -0.05) is 48.5 Å². The van der Waals surface area contributed by atoms with Crippen molar-refractivity contribution in [1.29, 1.82) is 0 Å². The van der Waals surface area contributed by atoms with Crippen LogP contribution in [-0.2, 0) is 6.54 Å². The highest BCUT2D eigenvalue weighted by molar-refractivity contribution is 5.46. The maximum absolute atomic E-state index is 9.38. The zero-order chi connectivity index (χ0) is 17.6. The van der Waals surface area contributed by atoms with Crippen LogP contribution in [0.25, 0.3) is 5.69 Å². The maximum atomic E-state index is 9.38. The number of nitrogens with zero attached hydrogens (tertiary/aromatic N) is 4. The van der Waals surface area contributed by atoms with Gasteiger partial charge in [0.1, 0.15) is 0 Å². The molecule has 0 saturated carbocycles. The van der Waals surface area contributed by atoms with Crippen LogP contribution < -0.4 is 5.32 Å². The summed E-state index contributed by atoms with van der Waals surface area (Å²) in [6, 6.07) is 16.3. The molecule has 0 aliphatic rings. The Kier molecular flexibility index (Phi) is 5.53. The molecule has 0 radical (unpaired) electrons. The van der Waals surface area contributed by atoms with Crippen molar-refractivity contribution in [3.8, 4) is 5.69 Å². The van der Waals surface area contributed by atoms with Gasteiger partial charge in [-0.05, 0) is 47.4 Å². The first-order valence-electron chi connectivity index (χ1n) is 8.43. The maximum Gasteiger partial charge on any atom is 0.170 e. The van der Waals surface area contributed by atoms with Gasteiger partial charge in [-0.2, -0.15) is 4.68 Å². The Hall–Kier alpha value is -2.57. The number of aryl methyl sites for hydroxylation is 2. The number of benzene rings is 2. The highest BCUT2D eigenvalue weighted by Crippen LogP contribution is 2.20. The second-order valence-electron chi connectivity index (χ2n) is 6.10. The van der Waals surface area contributed by atoms with Crippen LogP contribution in [0.1, 0.15) is 35.0 Å². The number of aliphatic hydroxyl groups excluding tert-OH is 1. The molecule has 1 atom stereocenters. The number of aliphatic hydroxyl groups is 1. The van der Waals surface area contributed by atoms with Gasteiger partial charge in [0.2, 0.25) is 0 Å². The van der Waals surface area contributed by atoms with Gasteiger partial charge < -0.3 is 10.4 Å². The summed E-state index contributed by atoms with van der Waals surface area (Å²) < 4.78 is 1.79. The lowest BCUT2D eigenvalue weighted by Crippen LogP contribution is -2.24. The predicted octanol–water partition coefficient (Wildman–Crippen LogP) is 2.49. The molecular weight excluding hydrogens is 314 g/mol. The molecule has 1 aromatic heterocycles. The number of hydrogen-bond acceptors (Lipinski definition) is 5. The normalized spacial score (nSPS) is 12.3. The van der Waals surface area contributed by atoms with Gasteiger partial charge in [0.05, 0.1) is 12.2 Å². The van der Waals surface area contributed by atoms with E-state index in [2.05, 4.69) is 59.0 Å². The molecule has 1 unspecified atom stereocenters. The van der Waals surface area contributed by atoms with Crippen molar-refractivity contribution in [3.63, 3.8) is 0 Å². The summed E-state index contributed by atoms with van der Waals surface area (Å²) in [5.74, 6) is 0.747. The summed E-state index contributed by atoms with van der Waals surface area (Å²) in [6.07, 6.45) is 0.634. The van der Waals surface area contributed by atoms with Gasteiger partial charge in [0, 0.05) is 12.6 Å². The van der Waals surface area contributed by atoms with Crippen molar-refractivity contribution < 1.29 is 5.11 Å². The summed E-state index contributed by atoms with van der Waals surface area (Å²) in [5, 5.41) is 25.0. The van der Waals surface area contributed by atoms with Crippen molar-refractivity contribution in [2.24, 2.45) is 0 Å². The fourth-order valence-electron chi connectivity index (χ4n) is 3.04. The Labute approximate surface area is 147 Å². The molecule has 3 rings (SSSR count). The average molecular weight is 337 g/mol. The zero-order valence-corrected chi connectivity index (χ0v) is 14.6. The minimum Gasteiger partial charge on any atom is -0.396 e. The van der Waals surface area contributed by atoms with Crippen LogP contribution in [0.3, 0.4) is 0 Å². The van der Waals surface area contributed by atoms with Gasteiger partial charge in [-0.15, -0.1) is 5.10 Å². The van der Waals surface area contributed by atoms with E-state index in [9.17, 15) is 5.11 Å². The van der Waals surface area contributed by atoms with Gasteiger partial charge >= 0.3 is 0 Å². The smallest absolute Gasteiger partial charge is 0.170 e. The third-order valence-electron chi connectivity index (χ3n) is 4.31. The summed E-state index contributed by atoms with van der Waals surface area (Å²) in [5.41, 5.74) is 4.41. The molecule has 25 heavy (non-hydrogen) atoms. The lowest BCUT2D eigenvalue weighted by Gasteiger charge is -2.18. The number of nitrogens with one attached hydrogen (secondary N) is 1. The van der Waals surface area contributed by atoms with Crippen LogP contribution in [0, 0.1) is 13.8 Å².